The van der Waals surface area contributed by atoms with E-state index in [4.69, 9.17) is 15.8 Å². The standard InChI is InChI=1S/C13H12N4O2S/c1-8-2-3-9(5-14)4-11(8)19-6-10-7-20-13(16-10)12(18)17-15/h2-4,7H,6,15H2,1H3,(H,17,18). The Balaban J connectivity index is 2.07. The number of nitrogens with zero attached hydrogens (tertiary/aromatic N) is 2. The number of hydrogen-bond acceptors (Lipinski definition) is 6. The highest BCUT2D eigenvalue weighted by molar-refractivity contribution is 7.11. The molecule has 0 aliphatic carbocycles. The normalized spacial score (nSPS) is 9.85. The molecule has 20 heavy (non-hydrogen) atoms. The lowest BCUT2D eigenvalue weighted by molar-refractivity contribution is 0.0953. The Morgan fingerprint density at radius 1 is 1.60 bits per heavy atom. The van der Waals surface area contributed by atoms with Gasteiger partial charge in [0.2, 0.25) is 0 Å². The molecule has 3 N–H and O–H groups in total. The SMILES string of the molecule is Cc1ccc(C#N)cc1OCc1csc(C(=O)NN)n1. The van der Waals surface area contributed by atoms with Crippen LogP contribution >= 0.6 is 11.3 Å². The first-order valence-corrected chi connectivity index (χ1v) is 6.61. The molecule has 0 spiro atoms. The molecule has 0 aliphatic rings. The van der Waals surface area contributed by atoms with Crippen molar-refractivity contribution in [1.82, 2.24) is 10.4 Å². The van der Waals surface area contributed by atoms with Crippen LogP contribution in [0.25, 0.3) is 0 Å². The Hall–Kier alpha value is -2.43. The highest BCUT2D eigenvalue weighted by Gasteiger charge is 2.10. The molecule has 7 heteroatoms. The van der Waals surface area contributed by atoms with E-state index in [0.29, 0.717) is 17.0 Å². The van der Waals surface area contributed by atoms with Gasteiger partial charge in [0, 0.05) is 5.38 Å². The topological polar surface area (TPSA) is 101 Å². The van der Waals surface area contributed by atoms with Crippen LogP contribution in [-0.2, 0) is 6.61 Å². The van der Waals surface area contributed by atoms with Gasteiger partial charge in [-0.05, 0) is 24.6 Å². The van der Waals surface area contributed by atoms with Crippen LogP contribution in [-0.4, -0.2) is 10.9 Å². The maximum atomic E-state index is 11.3. The van der Waals surface area contributed by atoms with Crippen molar-refractivity contribution in [3.63, 3.8) is 0 Å². The van der Waals surface area contributed by atoms with E-state index in [1.54, 1.807) is 17.5 Å². The van der Waals surface area contributed by atoms with E-state index in [1.807, 2.05) is 18.4 Å². The number of nitrogen functional groups attached to an aromatic ring is 1. The van der Waals surface area contributed by atoms with Crippen molar-refractivity contribution in [3.05, 3.63) is 45.4 Å². The Morgan fingerprint density at radius 2 is 2.40 bits per heavy atom. The zero-order chi connectivity index (χ0) is 14.5. The molecule has 0 radical (unpaired) electrons. The molecule has 0 aliphatic heterocycles. The third-order valence-electron chi connectivity index (χ3n) is 2.57. The average Bonchev–Trinajstić information content (AvgIpc) is 2.94. The molecular formula is C13H12N4O2S. The molecule has 0 fully saturated rings. The van der Waals surface area contributed by atoms with Crippen molar-refractivity contribution in [2.45, 2.75) is 13.5 Å². The van der Waals surface area contributed by atoms with Gasteiger partial charge < -0.3 is 4.74 Å². The molecule has 1 aromatic heterocycles. The molecule has 2 aromatic rings. The summed E-state index contributed by atoms with van der Waals surface area (Å²) in [6.45, 7) is 2.12. The fraction of sp³-hybridized carbons (Fsp3) is 0.154. The van der Waals surface area contributed by atoms with Crippen LogP contribution in [0.1, 0.15) is 26.6 Å². The second-order valence-electron chi connectivity index (χ2n) is 4.00. The summed E-state index contributed by atoms with van der Waals surface area (Å²) in [4.78, 5) is 15.4. The van der Waals surface area contributed by atoms with Gasteiger partial charge >= 0.3 is 0 Å². The summed E-state index contributed by atoms with van der Waals surface area (Å²) >= 11 is 1.19. The first-order valence-electron chi connectivity index (χ1n) is 5.73. The number of thiazole rings is 1. The predicted octanol–water partition coefficient (Wildman–Crippen LogP) is 1.51. The Morgan fingerprint density at radius 3 is 3.10 bits per heavy atom. The number of nitriles is 1. The third kappa shape index (κ3) is 3.12. The van der Waals surface area contributed by atoms with E-state index >= 15 is 0 Å². The minimum absolute atomic E-state index is 0.226. The molecule has 0 saturated heterocycles. The smallest absolute Gasteiger partial charge is 0.294 e. The van der Waals surface area contributed by atoms with E-state index in [-0.39, 0.29) is 11.6 Å². The lowest BCUT2D eigenvalue weighted by atomic mass is 10.1. The quantitative estimate of drug-likeness (QED) is 0.504. The van der Waals surface area contributed by atoms with Crippen LogP contribution in [0, 0.1) is 18.3 Å². The van der Waals surface area contributed by atoms with Crippen LogP contribution in [0.5, 0.6) is 5.75 Å². The number of amides is 1. The summed E-state index contributed by atoms with van der Waals surface area (Å²) < 4.78 is 5.62. The molecule has 1 amide bonds. The van der Waals surface area contributed by atoms with Crippen molar-refractivity contribution in [3.8, 4) is 11.8 Å². The summed E-state index contributed by atoms with van der Waals surface area (Å²) in [5, 5.41) is 10.9. The third-order valence-corrected chi connectivity index (χ3v) is 3.46. The van der Waals surface area contributed by atoms with Crippen LogP contribution in [0.3, 0.4) is 0 Å². The second-order valence-corrected chi connectivity index (χ2v) is 4.86. The summed E-state index contributed by atoms with van der Waals surface area (Å²) in [6, 6.07) is 7.29. The van der Waals surface area contributed by atoms with Gasteiger partial charge in [-0.1, -0.05) is 6.07 Å². The van der Waals surface area contributed by atoms with Gasteiger partial charge in [-0.2, -0.15) is 5.26 Å². The zero-order valence-electron chi connectivity index (χ0n) is 10.7. The lowest BCUT2D eigenvalue weighted by Crippen LogP contribution is -2.29. The van der Waals surface area contributed by atoms with Gasteiger partial charge in [0.05, 0.1) is 17.3 Å². The second kappa shape index (κ2) is 6.14. The molecule has 102 valence electrons. The Labute approximate surface area is 119 Å². The number of aromatic nitrogens is 1. The Bertz CT molecular complexity index is 675. The van der Waals surface area contributed by atoms with Gasteiger partial charge in [-0.3, -0.25) is 10.2 Å². The number of carbonyl (C=O) groups is 1. The zero-order valence-corrected chi connectivity index (χ0v) is 11.5. The van der Waals surface area contributed by atoms with Gasteiger partial charge in [0.1, 0.15) is 12.4 Å². The average molecular weight is 288 g/mol. The minimum atomic E-state index is -0.427. The summed E-state index contributed by atoms with van der Waals surface area (Å²) in [6.07, 6.45) is 0. The molecule has 1 aromatic carbocycles. The van der Waals surface area contributed by atoms with E-state index in [2.05, 4.69) is 11.1 Å². The summed E-state index contributed by atoms with van der Waals surface area (Å²) in [5.41, 5.74) is 4.12. The first kappa shape index (κ1) is 14.0. The molecular weight excluding hydrogens is 276 g/mol. The van der Waals surface area contributed by atoms with E-state index in [1.165, 1.54) is 11.3 Å². The molecule has 0 bridgehead atoms. The summed E-state index contributed by atoms with van der Waals surface area (Å²) in [5.74, 6) is 5.24. The first-order chi connectivity index (χ1) is 9.63. The number of nitrogens with two attached hydrogens (primary N) is 1. The van der Waals surface area contributed by atoms with Gasteiger partial charge in [0.15, 0.2) is 5.01 Å². The van der Waals surface area contributed by atoms with E-state index < -0.39 is 5.91 Å². The molecule has 2 rings (SSSR count). The van der Waals surface area contributed by atoms with E-state index in [0.717, 1.165) is 5.56 Å². The van der Waals surface area contributed by atoms with Crippen molar-refractivity contribution in [2.75, 3.05) is 0 Å². The van der Waals surface area contributed by atoms with Crippen LogP contribution in [0.4, 0.5) is 0 Å². The number of nitrogens with one attached hydrogen (secondary N) is 1. The van der Waals surface area contributed by atoms with Crippen LogP contribution < -0.4 is 16.0 Å². The maximum Gasteiger partial charge on any atom is 0.294 e. The number of hydrogen-bond donors (Lipinski definition) is 2. The Kier molecular flexibility index (Phi) is 4.30. The van der Waals surface area contributed by atoms with Crippen LogP contribution in [0.2, 0.25) is 0 Å². The van der Waals surface area contributed by atoms with Crippen molar-refractivity contribution in [1.29, 1.82) is 5.26 Å². The molecule has 0 unspecified atom stereocenters. The number of aryl methyl sites for hydroxylation is 1. The largest absolute Gasteiger partial charge is 0.487 e. The van der Waals surface area contributed by atoms with Crippen LogP contribution in [0.15, 0.2) is 23.6 Å². The molecule has 0 atom stereocenters. The highest BCUT2D eigenvalue weighted by Crippen LogP contribution is 2.21. The van der Waals surface area contributed by atoms with Gasteiger partial charge in [-0.25, -0.2) is 10.8 Å². The van der Waals surface area contributed by atoms with Crippen molar-refractivity contribution < 1.29 is 9.53 Å². The monoisotopic (exact) mass is 288 g/mol. The van der Waals surface area contributed by atoms with Crippen molar-refractivity contribution in [2.24, 2.45) is 5.84 Å². The van der Waals surface area contributed by atoms with Gasteiger partial charge in [0.25, 0.3) is 5.91 Å². The number of ether oxygens (including phenoxy) is 1. The fourth-order valence-electron chi connectivity index (χ4n) is 1.52. The highest BCUT2D eigenvalue weighted by atomic mass is 32.1. The maximum absolute atomic E-state index is 11.3. The number of hydrazine groups is 1. The molecule has 1 heterocycles. The van der Waals surface area contributed by atoms with E-state index in [9.17, 15) is 4.79 Å². The predicted molar refractivity (Wildman–Crippen MR) is 74.0 cm³/mol. The molecule has 0 saturated carbocycles. The number of carbonyl (C=O) groups excluding carboxylic acids is 1. The number of rotatable bonds is 4. The van der Waals surface area contributed by atoms with Crippen molar-refractivity contribution >= 4 is 17.2 Å². The minimum Gasteiger partial charge on any atom is -0.487 e. The lowest BCUT2D eigenvalue weighted by Gasteiger charge is -2.07. The number of benzene rings is 1. The van der Waals surface area contributed by atoms with Gasteiger partial charge in [-0.15, -0.1) is 11.3 Å². The molecule has 6 nitrogen and oxygen atoms in total. The summed E-state index contributed by atoms with van der Waals surface area (Å²) in [7, 11) is 0. The fourth-order valence-corrected chi connectivity index (χ4v) is 2.22.